The van der Waals surface area contributed by atoms with Gasteiger partial charge in [-0.3, -0.25) is 9.59 Å². The molecule has 1 aliphatic carbocycles. The van der Waals surface area contributed by atoms with Gasteiger partial charge in [0.1, 0.15) is 0 Å². The molecule has 1 amide bonds. The fourth-order valence-electron chi connectivity index (χ4n) is 5.01. The van der Waals surface area contributed by atoms with Crippen molar-refractivity contribution in [3.8, 4) is 0 Å². The zero-order valence-corrected chi connectivity index (χ0v) is 19.3. The van der Waals surface area contributed by atoms with E-state index in [0.29, 0.717) is 24.8 Å². The zero-order chi connectivity index (χ0) is 22.2. The van der Waals surface area contributed by atoms with E-state index in [1.807, 2.05) is 6.20 Å². The number of carboxylic acid groups (broad SMARTS) is 1. The van der Waals surface area contributed by atoms with Gasteiger partial charge in [0.15, 0.2) is 0 Å². The van der Waals surface area contributed by atoms with Crippen LogP contribution in [0.15, 0.2) is 36.0 Å². The second kappa shape index (κ2) is 8.20. The predicted molar refractivity (Wildman–Crippen MR) is 120 cm³/mol. The molecule has 1 aromatic rings. The van der Waals surface area contributed by atoms with E-state index in [9.17, 15) is 9.59 Å². The topological polar surface area (TPSA) is 57.6 Å². The number of aliphatic carboxylic acids is 1. The van der Waals surface area contributed by atoms with Crippen molar-refractivity contribution in [2.75, 3.05) is 6.54 Å². The van der Waals surface area contributed by atoms with Gasteiger partial charge in [0.25, 0.3) is 0 Å². The Kier molecular flexibility index (Phi) is 6.18. The summed E-state index contributed by atoms with van der Waals surface area (Å²) in [6.45, 7) is 11.8. The standard InChI is InChI=1S/C26H37NO3/c1-24(2,3)13-12-19-8-10-20(11-9-19)26-15-14-25(4,5)21(26)18-27(22(28)17-26)16-6-7-23(29)30/h8-11,18H,6-7,12-17H2,1-5H3,(H,29,30). The van der Waals surface area contributed by atoms with Crippen molar-refractivity contribution in [1.82, 2.24) is 4.90 Å². The smallest absolute Gasteiger partial charge is 0.303 e. The molecule has 1 saturated carbocycles. The summed E-state index contributed by atoms with van der Waals surface area (Å²) in [5, 5.41) is 8.92. The fourth-order valence-corrected chi connectivity index (χ4v) is 5.01. The molecule has 3 rings (SSSR count). The first-order valence-corrected chi connectivity index (χ1v) is 11.3. The van der Waals surface area contributed by atoms with Gasteiger partial charge in [-0.2, -0.15) is 0 Å². The van der Waals surface area contributed by atoms with Gasteiger partial charge in [0.2, 0.25) is 5.91 Å². The predicted octanol–water partition coefficient (Wildman–Crippen LogP) is 5.70. The number of rotatable bonds is 7. The Morgan fingerprint density at radius 1 is 1.13 bits per heavy atom. The lowest BCUT2D eigenvalue weighted by molar-refractivity contribution is -0.138. The third kappa shape index (κ3) is 4.79. The molecule has 0 radical (unpaired) electrons. The summed E-state index contributed by atoms with van der Waals surface area (Å²) in [6.07, 6.45) is 7.38. The molecule has 1 aliphatic heterocycles. The van der Waals surface area contributed by atoms with E-state index in [2.05, 4.69) is 58.9 Å². The Balaban J connectivity index is 1.86. The highest BCUT2D eigenvalue weighted by atomic mass is 16.4. The van der Waals surface area contributed by atoms with E-state index in [4.69, 9.17) is 5.11 Å². The highest BCUT2D eigenvalue weighted by Gasteiger charge is 2.52. The van der Waals surface area contributed by atoms with Crippen molar-refractivity contribution >= 4 is 11.9 Å². The minimum Gasteiger partial charge on any atom is -0.481 e. The minimum atomic E-state index is -0.811. The maximum Gasteiger partial charge on any atom is 0.303 e. The van der Waals surface area contributed by atoms with Crippen LogP contribution in [0.5, 0.6) is 0 Å². The number of allylic oxidation sites excluding steroid dienone is 1. The average molecular weight is 412 g/mol. The van der Waals surface area contributed by atoms with E-state index < -0.39 is 5.97 Å². The molecule has 1 heterocycles. The minimum absolute atomic E-state index is 0.0383. The first kappa shape index (κ1) is 22.6. The van der Waals surface area contributed by atoms with Crippen LogP contribution in [-0.2, 0) is 21.4 Å². The number of fused-ring (bicyclic) bond motifs is 1. The molecule has 4 heteroatoms. The summed E-state index contributed by atoms with van der Waals surface area (Å²) < 4.78 is 0. The molecule has 1 unspecified atom stereocenters. The summed E-state index contributed by atoms with van der Waals surface area (Å²) in [5.41, 5.74) is 4.07. The number of hydrogen-bond acceptors (Lipinski definition) is 2. The second-order valence-electron chi connectivity index (χ2n) is 11.0. The Morgan fingerprint density at radius 2 is 1.80 bits per heavy atom. The fraction of sp³-hybridized carbons (Fsp3) is 0.615. The van der Waals surface area contributed by atoms with Crippen LogP contribution in [0.4, 0.5) is 0 Å². The summed E-state index contributed by atoms with van der Waals surface area (Å²) >= 11 is 0. The van der Waals surface area contributed by atoms with Gasteiger partial charge >= 0.3 is 5.97 Å². The molecule has 164 valence electrons. The molecule has 1 atom stereocenters. The van der Waals surface area contributed by atoms with Crippen molar-refractivity contribution in [1.29, 1.82) is 0 Å². The maximum atomic E-state index is 13.0. The van der Waals surface area contributed by atoms with E-state index >= 15 is 0 Å². The lowest BCUT2D eigenvalue weighted by Crippen LogP contribution is -2.42. The van der Waals surface area contributed by atoms with Crippen molar-refractivity contribution in [3.05, 3.63) is 47.2 Å². The van der Waals surface area contributed by atoms with Gasteiger partial charge in [-0.1, -0.05) is 58.9 Å². The third-order valence-electron chi connectivity index (χ3n) is 6.94. The summed E-state index contributed by atoms with van der Waals surface area (Å²) in [7, 11) is 0. The van der Waals surface area contributed by atoms with Crippen LogP contribution in [0, 0.1) is 10.8 Å². The molecule has 0 aromatic heterocycles. The Morgan fingerprint density at radius 3 is 2.40 bits per heavy atom. The number of amides is 1. The monoisotopic (exact) mass is 411 g/mol. The van der Waals surface area contributed by atoms with E-state index in [0.717, 1.165) is 25.7 Å². The van der Waals surface area contributed by atoms with E-state index in [1.54, 1.807) is 4.90 Å². The molecular formula is C26H37NO3. The molecule has 1 N–H and O–H groups in total. The van der Waals surface area contributed by atoms with Gasteiger partial charge < -0.3 is 10.0 Å². The number of carbonyl (C=O) groups excluding carboxylic acids is 1. The van der Waals surface area contributed by atoms with Crippen LogP contribution in [0.1, 0.15) is 84.3 Å². The highest BCUT2D eigenvalue weighted by Crippen LogP contribution is 2.58. The number of carbonyl (C=O) groups is 2. The van der Waals surface area contributed by atoms with Crippen molar-refractivity contribution in [2.24, 2.45) is 10.8 Å². The van der Waals surface area contributed by atoms with Gasteiger partial charge in [-0.15, -0.1) is 0 Å². The zero-order valence-electron chi connectivity index (χ0n) is 19.3. The first-order chi connectivity index (χ1) is 13.9. The van der Waals surface area contributed by atoms with Gasteiger partial charge in [-0.05, 0) is 59.6 Å². The quantitative estimate of drug-likeness (QED) is 0.626. The largest absolute Gasteiger partial charge is 0.481 e. The number of nitrogens with zero attached hydrogens (tertiary/aromatic N) is 1. The molecular weight excluding hydrogens is 374 g/mol. The number of aryl methyl sites for hydroxylation is 1. The molecule has 0 saturated heterocycles. The molecule has 2 aliphatic rings. The Labute approximate surface area is 181 Å². The highest BCUT2D eigenvalue weighted by molar-refractivity contribution is 5.82. The number of carboxylic acids is 1. The summed E-state index contributed by atoms with van der Waals surface area (Å²) in [5.74, 6) is -0.701. The molecule has 0 bridgehead atoms. The van der Waals surface area contributed by atoms with Crippen LogP contribution < -0.4 is 0 Å². The van der Waals surface area contributed by atoms with Crippen LogP contribution in [-0.4, -0.2) is 28.4 Å². The Hall–Kier alpha value is -2.10. The van der Waals surface area contributed by atoms with Crippen LogP contribution in [0.25, 0.3) is 0 Å². The van der Waals surface area contributed by atoms with Crippen molar-refractivity contribution < 1.29 is 14.7 Å². The molecule has 4 nitrogen and oxygen atoms in total. The number of hydrogen-bond donors (Lipinski definition) is 1. The maximum absolute atomic E-state index is 13.0. The van der Waals surface area contributed by atoms with Gasteiger partial charge in [0.05, 0.1) is 0 Å². The van der Waals surface area contributed by atoms with Crippen molar-refractivity contribution in [2.45, 2.75) is 85.0 Å². The van der Waals surface area contributed by atoms with Gasteiger partial charge in [-0.25, -0.2) is 0 Å². The molecule has 30 heavy (non-hydrogen) atoms. The summed E-state index contributed by atoms with van der Waals surface area (Å²) in [4.78, 5) is 25.6. The van der Waals surface area contributed by atoms with E-state index in [1.165, 1.54) is 16.7 Å². The molecule has 1 aromatic carbocycles. The number of benzene rings is 1. The normalized spacial score (nSPS) is 23.3. The first-order valence-electron chi connectivity index (χ1n) is 11.3. The second-order valence-corrected chi connectivity index (χ2v) is 11.0. The van der Waals surface area contributed by atoms with Crippen LogP contribution in [0.2, 0.25) is 0 Å². The Bertz CT molecular complexity index is 829. The lowest BCUT2D eigenvalue weighted by atomic mass is 9.68. The SMILES string of the molecule is CC(C)(C)CCc1ccc(C23CCC(C)(C)C2=CN(CCCC(=O)O)C(=O)C3)cc1. The van der Waals surface area contributed by atoms with Gasteiger partial charge in [0, 0.05) is 31.0 Å². The van der Waals surface area contributed by atoms with Crippen molar-refractivity contribution in [3.63, 3.8) is 0 Å². The van der Waals surface area contributed by atoms with Crippen LogP contribution in [0.3, 0.4) is 0 Å². The third-order valence-corrected chi connectivity index (χ3v) is 6.94. The lowest BCUT2D eigenvalue weighted by Gasteiger charge is -2.41. The molecule has 0 spiro atoms. The average Bonchev–Trinajstić information content (AvgIpc) is 2.91. The van der Waals surface area contributed by atoms with E-state index in [-0.39, 0.29) is 23.2 Å². The summed E-state index contributed by atoms with van der Waals surface area (Å²) in [6, 6.07) is 8.95. The van der Waals surface area contributed by atoms with Crippen LogP contribution >= 0.6 is 0 Å². The molecule has 1 fully saturated rings.